The summed E-state index contributed by atoms with van der Waals surface area (Å²) in [6.07, 6.45) is 0. The van der Waals surface area contributed by atoms with Gasteiger partial charge in [-0.15, -0.1) is 0 Å². The average Bonchev–Trinajstić information content (AvgIpc) is 3.57. The van der Waals surface area contributed by atoms with Crippen LogP contribution in [0, 0.1) is 0 Å². The van der Waals surface area contributed by atoms with Gasteiger partial charge in [0.05, 0.1) is 6.04 Å². The minimum atomic E-state index is -1.93. The fraction of sp³-hybridized carbons (Fsp3) is 0.323. The molecule has 192 valence electrons. The third-order valence-corrected chi connectivity index (χ3v) is 11.9. The first-order chi connectivity index (χ1) is 17.7. The summed E-state index contributed by atoms with van der Waals surface area (Å²) in [5.41, 5.74) is 4.15. The van der Waals surface area contributed by atoms with Gasteiger partial charge in [0.2, 0.25) is 20.1 Å². The monoisotopic (exact) mass is 512 g/mol. The molecule has 0 radical (unpaired) electrons. The van der Waals surface area contributed by atoms with Gasteiger partial charge in [0.1, 0.15) is 30.6 Å². The van der Waals surface area contributed by atoms with E-state index < -0.39 is 8.32 Å². The molecule has 3 aromatic carbocycles. The van der Waals surface area contributed by atoms with Crippen LogP contribution in [0.2, 0.25) is 18.1 Å². The van der Waals surface area contributed by atoms with Gasteiger partial charge in [0.15, 0.2) is 0 Å². The van der Waals surface area contributed by atoms with E-state index in [0.717, 1.165) is 22.4 Å². The SMILES string of the molecule is CC(C)(C)[Si](C)(C)Oc1ccc(/C(C2=N[C@H](c3ccccc3)CO2)=C2/N[C@H](c3ccccc3)CO2)cc1. The summed E-state index contributed by atoms with van der Waals surface area (Å²) in [6.45, 7) is 12.3. The maximum atomic E-state index is 6.52. The molecule has 0 aliphatic carbocycles. The van der Waals surface area contributed by atoms with Crippen molar-refractivity contribution in [2.45, 2.75) is 51.0 Å². The van der Waals surface area contributed by atoms with Crippen molar-refractivity contribution < 1.29 is 13.9 Å². The van der Waals surface area contributed by atoms with Crippen molar-refractivity contribution in [3.63, 3.8) is 0 Å². The summed E-state index contributed by atoms with van der Waals surface area (Å²) >= 11 is 0. The highest BCUT2D eigenvalue weighted by Crippen LogP contribution is 2.38. The number of hydrogen-bond donors (Lipinski definition) is 1. The Kier molecular flexibility index (Phi) is 6.86. The quantitative estimate of drug-likeness (QED) is 0.353. The van der Waals surface area contributed by atoms with E-state index in [4.69, 9.17) is 18.9 Å². The molecule has 0 amide bonds. The molecule has 1 N–H and O–H groups in total. The number of ether oxygens (including phenoxy) is 2. The predicted molar refractivity (Wildman–Crippen MR) is 152 cm³/mol. The maximum absolute atomic E-state index is 6.52. The van der Waals surface area contributed by atoms with Crippen LogP contribution >= 0.6 is 0 Å². The molecule has 5 rings (SSSR count). The number of aliphatic imine (C=N–C) groups is 1. The number of nitrogens with one attached hydrogen (secondary N) is 1. The van der Waals surface area contributed by atoms with Crippen LogP contribution in [-0.2, 0) is 9.47 Å². The predicted octanol–water partition coefficient (Wildman–Crippen LogP) is 7.27. The van der Waals surface area contributed by atoms with Gasteiger partial charge in [-0.05, 0) is 47.0 Å². The molecule has 0 spiro atoms. The number of benzene rings is 3. The van der Waals surface area contributed by atoms with Crippen LogP contribution in [0.15, 0.2) is 95.8 Å². The molecular weight excluding hydrogens is 476 g/mol. The second kappa shape index (κ2) is 10.1. The van der Waals surface area contributed by atoms with Crippen LogP contribution in [0.5, 0.6) is 5.75 Å². The van der Waals surface area contributed by atoms with Gasteiger partial charge in [-0.25, -0.2) is 4.99 Å². The van der Waals surface area contributed by atoms with Crippen molar-refractivity contribution in [1.82, 2.24) is 5.32 Å². The first kappa shape index (κ1) is 25.1. The van der Waals surface area contributed by atoms with Gasteiger partial charge in [-0.3, -0.25) is 0 Å². The van der Waals surface area contributed by atoms with E-state index in [9.17, 15) is 0 Å². The summed E-state index contributed by atoms with van der Waals surface area (Å²) in [6, 6.07) is 28.9. The molecule has 2 aliphatic heterocycles. The topological polar surface area (TPSA) is 52.1 Å². The first-order valence-electron chi connectivity index (χ1n) is 13.0. The number of nitrogens with zero attached hydrogens (tertiary/aromatic N) is 1. The summed E-state index contributed by atoms with van der Waals surface area (Å²) < 4.78 is 18.9. The molecule has 1 saturated heterocycles. The van der Waals surface area contributed by atoms with E-state index in [1.807, 2.05) is 36.4 Å². The van der Waals surface area contributed by atoms with Crippen LogP contribution in [-0.4, -0.2) is 27.4 Å². The Morgan fingerprint density at radius 3 is 2.08 bits per heavy atom. The smallest absolute Gasteiger partial charge is 0.250 e. The fourth-order valence-corrected chi connectivity index (χ4v) is 5.29. The Morgan fingerprint density at radius 1 is 0.838 bits per heavy atom. The van der Waals surface area contributed by atoms with Crippen molar-refractivity contribution in [3.8, 4) is 5.75 Å². The molecule has 1 fully saturated rings. The minimum absolute atomic E-state index is 0.0423. The molecule has 3 aromatic rings. The van der Waals surface area contributed by atoms with Gasteiger partial charge in [-0.1, -0.05) is 93.6 Å². The molecule has 0 bridgehead atoms. The van der Waals surface area contributed by atoms with E-state index in [0.29, 0.717) is 25.0 Å². The lowest BCUT2D eigenvalue weighted by Crippen LogP contribution is -2.43. The Balaban J connectivity index is 1.48. The summed E-state index contributed by atoms with van der Waals surface area (Å²) in [5, 5.41) is 3.71. The van der Waals surface area contributed by atoms with Crippen LogP contribution < -0.4 is 9.74 Å². The summed E-state index contributed by atoms with van der Waals surface area (Å²) in [5.74, 6) is 2.18. The molecule has 0 unspecified atom stereocenters. The maximum Gasteiger partial charge on any atom is 0.250 e. The first-order valence-corrected chi connectivity index (χ1v) is 15.9. The van der Waals surface area contributed by atoms with Crippen LogP contribution in [0.3, 0.4) is 0 Å². The molecule has 6 heteroatoms. The van der Waals surface area contributed by atoms with Crippen LogP contribution in [0.4, 0.5) is 0 Å². The highest BCUT2D eigenvalue weighted by atomic mass is 28.4. The molecule has 37 heavy (non-hydrogen) atoms. The van der Waals surface area contributed by atoms with Gasteiger partial charge in [0.25, 0.3) is 0 Å². The van der Waals surface area contributed by atoms with E-state index >= 15 is 0 Å². The van der Waals surface area contributed by atoms with Crippen molar-refractivity contribution >= 4 is 19.8 Å². The Hall–Kier alpha value is -3.51. The van der Waals surface area contributed by atoms with E-state index in [1.165, 1.54) is 5.56 Å². The van der Waals surface area contributed by atoms with Gasteiger partial charge in [0, 0.05) is 0 Å². The van der Waals surface area contributed by atoms with E-state index in [2.05, 4.69) is 87.7 Å². The number of rotatable bonds is 6. The molecule has 0 aromatic heterocycles. The Morgan fingerprint density at radius 2 is 1.46 bits per heavy atom. The third-order valence-electron chi connectivity index (χ3n) is 7.50. The normalized spacial score (nSPS) is 20.9. The highest BCUT2D eigenvalue weighted by Gasteiger charge is 2.39. The van der Waals surface area contributed by atoms with Gasteiger partial charge in [-0.2, -0.15) is 0 Å². The lowest BCUT2D eigenvalue weighted by molar-refractivity contribution is 0.255. The summed E-state index contributed by atoms with van der Waals surface area (Å²) in [7, 11) is -1.93. The summed E-state index contributed by atoms with van der Waals surface area (Å²) in [4.78, 5) is 4.98. The lowest BCUT2D eigenvalue weighted by Gasteiger charge is -2.36. The standard InChI is InChI=1S/C31H36N2O3Si/c1-31(2,3)37(4,5)36-25-18-16-24(17-19-25)28(29-32-26(20-34-29)22-12-8-6-9-13-22)30-33-27(21-35-30)23-14-10-7-11-15-23/h6-19,26-27,32H,20-21H2,1-5H3/b29-28+/t26-,27-/m0/s1. The van der Waals surface area contributed by atoms with Crippen LogP contribution in [0.25, 0.3) is 5.57 Å². The van der Waals surface area contributed by atoms with Crippen molar-refractivity contribution in [2.24, 2.45) is 4.99 Å². The lowest BCUT2D eigenvalue weighted by atomic mass is 10.1. The number of hydrogen-bond acceptors (Lipinski definition) is 5. The average molecular weight is 513 g/mol. The van der Waals surface area contributed by atoms with Gasteiger partial charge >= 0.3 is 0 Å². The fourth-order valence-electron chi connectivity index (χ4n) is 4.26. The molecule has 2 atom stereocenters. The van der Waals surface area contributed by atoms with E-state index in [-0.39, 0.29) is 17.1 Å². The van der Waals surface area contributed by atoms with Crippen LogP contribution in [0.1, 0.15) is 49.5 Å². The zero-order chi connectivity index (χ0) is 26.0. The zero-order valence-electron chi connectivity index (χ0n) is 22.3. The molecule has 5 nitrogen and oxygen atoms in total. The van der Waals surface area contributed by atoms with Gasteiger partial charge < -0.3 is 19.2 Å². The van der Waals surface area contributed by atoms with Crippen molar-refractivity contribution in [1.29, 1.82) is 0 Å². The third kappa shape index (κ3) is 5.44. The largest absolute Gasteiger partial charge is 0.544 e. The molecule has 2 aliphatic rings. The molecular formula is C31H36N2O3Si. The highest BCUT2D eigenvalue weighted by molar-refractivity contribution is 6.74. The molecule has 0 saturated carbocycles. The second-order valence-electron chi connectivity index (χ2n) is 11.2. The van der Waals surface area contributed by atoms with E-state index in [1.54, 1.807) is 0 Å². The van der Waals surface area contributed by atoms with Crippen molar-refractivity contribution in [2.75, 3.05) is 13.2 Å². The zero-order valence-corrected chi connectivity index (χ0v) is 23.3. The Labute approximate surface area is 221 Å². The van der Waals surface area contributed by atoms with Crippen molar-refractivity contribution in [3.05, 3.63) is 108 Å². The minimum Gasteiger partial charge on any atom is -0.544 e. The second-order valence-corrected chi connectivity index (χ2v) is 15.9. The molecule has 2 heterocycles. The Bertz CT molecular complexity index is 1280.